The van der Waals surface area contributed by atoms with Crippen LogP contribution in [0.25, 0.3) is 16.7 Å². The molecule has 0 unspecified atom stereocenters. The van der Waals surface area contributed by atoms with E-state index in [1.807, 2.05) is 72.3 Å². The van der Waals surface area contributed by atoms with E-state index in [9.17, 15) is 0 Å². The molecule has 6 heteroatoms. The normalized spacial score (nSPS) is 14.1. The van der Waals surface area contributed by atoms with Gasteiger partial charge in [0.2, 0.25) is 5.88 Å². The molecule has 0 aliphatic carbocycles. The lowest BCUT2D eigenvalue weighted by atomic mass is 10.2. The van der Waals surface area contributed by atoms with Crippen molar-refractivity contribution in [3.8, 4) is 17.3 Å². The molecule has 0 radical (unpaired) electrons. The van der Waals surface area contributed by atoms with Crippen LogP contribution in [0.2, 0.25) is 0 Å². The van der Waals surface area contributed by atoms with Crippen molar-refractivity contribution >= 4 is 11.0 Å². The van der Waals surface area contributed by atoms with Gasteiger partial charge in [-0.2, -0.15) is 10.1 Å². The Morgan fingerprint density at radius 3 is 2.61 bits per heavy atom. The molecule has 5 rings (SSSR count). The summed E-state index contributed by atoms with van der Waals surface area (Å²) in [6, 6.07) is 22.3. The summed E-state index contributed by atoms with van der Waals surface area (Å²) in [7, 11) is 0. The van der Waals surface area contributed by atoms with Crippen LogP contribution in [-0.2, 0) is 6.54 Å². The minimum absolute atomic E-state index is 0.628. The monoisotopic (exact) mass is 414 g/mol. The van der Waals surface area contributed by atoms with Crippen LogP contribution in [0.3, 0.4) is 0 Å². The van der Waals surface area contributed by atoms with Crippen LogP contribution in [0.15, 0.2) is 66.7 Å². The molecule has 4 aromatic rings. The second-order valence-corrected chi connectivity index (χ2v) is 7.80. The van der Waals surface area contributed by atoms with Gasteiger partial charge in [0.1, 0.15) is 12.4 Å². The molecule has 3 heterocycles. The van der Waals surface area contributed by atoms with Crippen molar-refractivity contribution in [1.29, 1.82) is 0 Å². The van der Waals surface area contributed by atoms with E-state index in [0.717, 1.165) is 59.8 Å². The molecule has 2 aromatic heterocycles. The van der Waals surface area contributed by atoms with Crippen molar-refractivity contribution in [3.05, 3.63) is 78.0 Å². The molecule has 0 bridgehead atoms. The number of pyridine rings is 1. The molecule has 0 saturated carbocycles. The standard InChI is InChI=1S/C25H26N4O2/c1-19-23-17-20-18-28(13-8-15-30-22-11-6-3-7-12-22)14-16-31-25(20)26-24(23)29(27-19)21-9-4-2-5-10-21/h2-7,9-12,17H,8,13-16,18H2,1H3. The van der Waals surface area contributed by atoms with Gasteiger partial charge in [-0.25, -0.2) is 4.68 Å². The van der Waals surface area contributed by atoms with E-state index < -0.39 is 0 Å². The van der Waals surface area contributed by atoms with E-state index in [1.165, 1.54) is 0 Å². The van der Waals surface area contributed by atoms with Crippen LogP contribution in [0, 0.1) is 6.92 Å². The molecule has 1 aliphatic heterocycles. The maximum atomic E-state index is 6.04. The van der Waals surface area contributed by atoms with E-state index in [2.05, 4.69) is 11.0 Å². The predicted molar refractivity (Wildman–Crippen MR) is 121 cm³/mol. The van der Waals surface area contributed by atoms with Crippen molar-refractivity contribution in [2.45, 2.75) is 19.9 Å². The van der Waals surface area contributed by atoms with Crippen molar-refractivity contribution in [1.82, 2.24) is 19.7 Å². The van der Waals surface area contributed by atoms with Gasteiger partial charge >= 0.3 is 0 Å². The van der Waals surface area contributed by atoms with Gasteiger partial charge in [0.25, 0.3) is 0 Å². The molecule has 0 amide bonds. The SMILES string of the molecule is Cc1nn(-c2ccccc2)c2nc3c(cc12)CN(CCCOc1ccccc1)CCO3. The van der Waals surface area contributed by atoms with E-state index in [-0.39, 0.29) is 0 Å². The lowest BCUT2D eigenvalue weighted by Crippen LogP contribution is -2.27. The summed E-state index contributed by atoms with van der Waals surface area (Å²) in [4.78, 5) is 7.28. The van der Waals surface area contributed by atoms with Gasteiger partial charge < -0.3 is 9.47 Å². The third-order valence-corrected chi connectivity index (χ3v) is 5.55. The van der Waals surface area contributed by atoms with E-state index in [4.69, 9.17) is 19.6 Å². The molecule has 0 saturated heterocycles. The molecule has 0 N–H and O–H groups in total. The summed E-state index contributed by atoms with van der Waals surface area (Å²) in [6.45, 7) is 6.02. The van der Waals surface area contributed by atoms with Crippen molar-refractivity contribution < 1.29 is 9.47 Å². The molecule has 158 valence electrons. The van der Waals surface area contributed by atoms with Gasteiger partial charge in [-0.3, -0.25) is 4.90 Å². The largest absolute Gasteiger partial charge is 0.494 e. The maximum Gasteiger partial charge on any atom is 0.220 e. The molecule has 0 atom stereocenters. The Hall–Kier alpha value is -3.38. The highest BCUT2D eigenvalue weighted by Gasteiger charge is 2.20. The highest BCUT2D eigenvalue weighted by atomic mass is 16.5. The Morgan fingerprint density at radius 1 is 1.03 bits per heavy atom. The number of hydrogen-bond donors (Lipinski definition) is 0. The zero-order chi connectivity index (χ0) is 21.0. The summed E-state index contributed by atoms with van der Waals surface area (Å²) in [5.41, 5.74) is 3.93. The smallest absolute Gasteiger partial charge is 0.220 e. The number of benzene rings is 2. The van der Waals surface area contributed by atoms with Crippen molar-refractivity contribution in [2.24, 2.45) is 0 Å². The summed E-state index contributed by atoms with van der Waals surface area (Å²) in [6.07, 6.45) is 0.963. The number of nitrogens with zero attached hydrogens (tertiary/aromatic N) is 4. The van der Waals surface area contributed by atoms with Crippen LogP contribution in [-0.4, -0.2) is 46.0 Å². The number of fused-ring (bicyclic) bond motifs is 2. The third-order valence-electron chi connectivity index (χ3n) is 5.55. The van der Waals surface area contributed by atoms with Crippen LogP contribution >= 0.6 is 0 Å². The summed E-state index contributed by atoms with van der Waals surface area (Å²) in [5, 5.41) is 5.80. The zero-order valence-corrected chi connectivity index (χ0v) is 17.7. The molecule has 2 aromatic carbocycles. The number of rotatable bonds is 6. The van der Waals surface area contributed by atoms with Gasteiger partial charge in [0.05, 0.1) is 18.0 Å². The fraction of sp³-hybridized carbons (Fsp3) is 0.280. The van der Waals surface area contributed by atoms with Crippen LogP contribution in [0.5, 0.6) is 11.6 Å². The molecule has 0 spiro atoms. The first-order valence-electron chi connectivity index (χ1n) is 10.8. The average Bonchev–Trinajstić information content (AvgIpc) is 2.99. The van der Waals surface area contributed by atoms with Gasteiger partial charge in [-0.05, 0) is 43.7 Å². The molecule has 0 fully saturated rings. The highest BCUT2D eigenvalue weighted by molar-refractivity contribution is 5.81. The molecular formula is C25H26N4O2. The Bertz CT molecular complexity index is 1160. The molecule has 6 nitrogen and oxygen atoms in total. The third kappa shape index (κ3) is 4.25. The predicted octanol–water partition coefficient (Wildman–Crippen LogP) is 4.39. The molecule has 31 heavy (non-hydrogen) atoms. The average molecular weight is 415 g/mol. The maximum absolute atomic E-state index is 6.04. The first-order chi connectivity index (χ1) is 15.3. The zero-order valence-electron chi connectivity index (χ0n) is 17.7. The quantitative estimate of drug-likeness (QED) is 0.438. The van der Waals surface area contributed by atoms with Gasteiger partial charge in [-0.15, -0.1) is 0 Å². The minimum Gasteiger partial charge on any atom is -0.494 e. The number of aromatic nitrogens is 3. The Morgan fingerprint density at radius 2 is 1.81 bits per heavy atom. The topological polar surface area (TPSA) is 52.4 Å². The first kappa shape index (κ1) is 19.6. The summed E-state index contributed by atoms with van der Waals surface area (Å²) >= 11 is 0. The Balaban J connectivity index is 1.31. The number of ether oxygens (including phenoxy) is 2. The van der Waals surface area contributed by atoms with Gasteiger partial charge in [-0.1, -0.05) is 36.4 Å². The lowest BCUT2D eigenvalue weighted by Gasteiger charge is -2.19. The number of para-hydroxylation sites is 2. The second-order valence-electron chi connectivity index (χ2n) is 7.80. The van der Waals surface area contributed by atoms with E-state index >= 15 is 0 Å². The number of aryl methyl sites for hydroxylation is 1. The minimum atomic E-state index is 0.628. The van der Waals surface area contributed by atoms with Crippen molar-refractivity contribution in [2.75, 3.05) is 26.3 Å². The summed E-state index contributed by atoms with van der Waals surface area (Å²) in [5.74, 6) is 1.64. The van der Waals surface area contributed by atoms with Gasteiger partial charge in [0, 0.05) is 30.6 Å². The summed E-state index contributed by atoms with van der Waals surface area (Å²) < 4.78 is 13.8. The molecular weight excluding hydrogens is 388 g/mol. The first-order valence-corrected chi connectivity index (χ1v) is 10.8. The van der Waals surface area contributed by atoms with Crippen LogP contribution in [0.1, 0.15) is 17.7 Å². The Kier molecular flexibility index (Phi) is 5.54. The van der Waals surface area contributed by atoms with E-state index in [0.29, 0.717) is 19.1 Å². The van der Waals surface area contributed by atoms with Gasteiger partial charge in [0.15, 0.2) is 5.65 Å². The van der Waals surface area contributed by atoms with Crippen LogP contribution < -0.4 is 9.47 Å². The van der Waals surface area contributed by atoms with Crippen LogP contribution in [0.4, 0.5) is 0 Å². The number of hydrogen-bond acceptors (Lipinski definition) is 5. The molecule has 1 aliphatic rings. The lowest BCUT2D eigenvalue weighted by molar-refractivity contribution is 0.204. The Labute approximate surface area is 182 Å². The van der Waals surface area contributed by atoms with Crippen molar-refractivity contribution in [3.63, 3.8) is 0 Å². The van der Waals surface area contributed by atoms with E-state index in [1.54, 1.807) is 0 Å². The fourth-order valence-electron chi connectivity index (χ4n) is 3.97. The fourth-order valence-corrected chi connectivity index (χ4v) is 3.97. The second kappa shape index (κ2) is 8.78. The highest BCUT2D eigenvalue weighted by Crippen LogP contribution is 2.29.